The molecule has 1 atom stereocenters. The number of hydrogen-bond donors (Lipinski definition) is 0. The van der Waals surface area contributed by atoms with Gasteiger partial charge in [-0.25, -0.2) is 4.68 Å². The maximum atomic E-state index is 12.6. The first-order chi connectivity index (χ1) is 13.4. The molecule has 1 aromatic carbocycles. The Bertz CT molecular complexity index is 877. The summed E-state index contributed by atoms with van der Waals surface area (Å²) in [5, 5.41) is 4.08. The Morgan fingerprint density at radius 3 is 2.79 bits per heavy atom. The summed E-state index contributed by atoms with van der Waals surface area (Å²) in [6.07, 6.45) is 3.37. The molecule has 2 aromatic rings. The third-order valence-corrected chi connectivity index (χ3v) is 5.62. The fourth-order valence-electron chi connectivity index (χ4n) is 3.95. The number of amides is 1. The van der Waals surface area contributed by atoms with Crippen molar-refractivity contribution < 1.29 is 4.79 Å². The van der Waals surface area contributed by atoms with Crippen LogP contribution in [0.5, 0.6) is 0 Å². The quantitative estimate of drug-likeness (QED) is 0.768. The molecule has 150 valence electrons. The zero-order valence-electron chi connectivity index (χ0n) is 17.1. The van der Waals surface area contributed by atoms with Crippen molar-refractivity contribution in [2.45, 2.75) is 26.2 Å². The average molecular weight is 383 g/mol. The number of likely N-dealkylation sites (tertiary alicyclic amines) is 1. The molecule has 2 heterocycles. The summed E-state index contributed by atoms with van der Waals surface area (Å²) in [6, 6.07) is 11.5. The molecule has 28 heavy (non-hydrogen) atoms. The summed E-state index contributed by atoms with van der Waals surface area (Å²) in [5.41, 5.74) is 2.87. The van der Waals surface area contributed by atoms with Crippen LogP contribution >= 0.6 is 0 Å². The molecular weight excluding hydrogens is 352 g/mol. The molecule has 0 bridgehead atoms. The molecule has 6 heteroatoms. The van der Waals surface area contributed by atoms with Crippen molar-refractivity contribution in [2.75, 3.05) is 33.2 Å². The van der Waals surface area contributed by atoms with E-state index in [1.165, 1.54) is 34.4 Å². The average Bonchev–Trinajstić information content (AvgIpc) is 2.69. The van der Waals surface area contributed by atoms with Gasteiger partial charge in [0, 0.05) is 39.8 Å². The van der Waals surface area contributed by atoms with E-state index < -0.39 is 0 Å². The molecule has 1 aliphatic rings. The molecule has 1 unspecified atom stereocenters. The third-order valence-electron chi connectivity index (χ3n) is 5.62. The van der Waals surface area contributed by atoms with Gasteiger partial charge in [0.1, 0.15) is 5.69 Å². The molecule has 0 spiro atoms. The molecular formula is C22H30N4O2. The number of rotatable bonds is 6. The SMILES string of the molecule is Cc1ccccc1CCN1CCCC(CN(C)C(=O)c2ccc(=O)n(C)n2)C1. The molecule has 1 amide bonds. The Morgan fingerprint density at radius 2 is 2.04 bits per heavy atom. The first-order valence-electron chi connectivity index (χ1n) is 10.0. The van der Waals surface area contributed by atoms with Crippen LogP contribution < -0.4 is 5.56 Å². The van der Waals surface area contributed by atoms with E-state index in [9.17, 15) is 9.59 Å². The van der Waals surface area contributed by atoms with E-state index in [-0.39, 0.29) is 11.5 Å². The van der Waals surface area contributed by atoms with Crippen molar-refractivity contribution in [1.82, 2.24) is 19.6 Å². The highest BCUT2D eigenvalue weighted by molar-refractivity contribution is 5.91. The molecule has 0 saturated carbocycles. The second kappa shape index (κ2) is 9.15. The normalized spacial score (nSPS) is 17.5. The summed E-state index contributed by atoms with van der Waals surface area (Å²) < 4.78 is 1.20. The number of aromatic nitrogens is 2. The van der Waals surface area contributed by atoms with Crippen molar-refractivity contribution in [3.63, 3.8) is 0 Å². The van der Waals surface area contributed by atoms with Crippen molar-refractivity contribution >= 4 is 5.91 Å². The second-order valence-corrected chi connectivity index (χ2v) is 7.85. The fraction of sp³-hybridized carbons (Fsp3) is 0.500. The number of benzene rings is 1. The molecule has 1 saturated heterocycles. The van der Waals surface area contributed by atoms with Crippen LogP contribution in [0.4, 0.5) is 0 Å². The smallest absolute Gasteiger partial charge is 0.274 e. The number of carbonyl (C=O) groups excluding carboxylic acids is 1. The van der Waals surface area contributed by atoms with Gasteiger partial charge in [-0.2, -0.15) is 5.10 Å². The van der Waals surface area contributed by atoms with Gasteiger partial charge in [0.05, 0.1) is 0 Å². The van der Waals surface area contributed by atoms with Gasteiger partial charge in [0.25, 0.3) is 11.5 Å². The lowest BCUT2D eigenvalue weighted by Crippen LogP contribution is -2.42. The maximum absolute atomic E-state index is 12.6. The zero-order chi connectivity index (χ0) is 20.1. The molecule has 0 N–H and O–H groups in total. The standard InChI is InChI=1S/C22H30N4O2/c1-17-7-4-5-9-19(17)12-14-26-13-6-8-18(16-26)15-24(2)22(28)20-10-11-21(27)25(3)23-20/h4-5,7,9-11,18H,6,8,12-16H2,1-3H3. The Kier molecular flexibility index (Phi) is 6.62. The van der Waals surface area contributed by atoms with Gasteiger partial charge in [0.2, 0.25) is 0 Å². The first kappa shape index (κ1) is 20.3. The first-order valence-corrected chi connectivity index (χ1v) is 10.0. The lowest BCUT2D eigenvalue weighted by Gasteiger charge is -2.34. The van der Waals surface area contributed by atoms with Gasteiger partial charge in [-0.15, -0.1) is 0 Å². The van der Waals surface area contributed by atoms with Crippen LogP contribution in [0, 0.1) is 12.8 Å². The van der Waals surface area contributed by atoms with E-state index in [1.54, 1.807) is 11.9 Å². The van der Waals surface area contributed by atoms with Gasteiger partial charge in [-0.1, -0.05) is 24.3 Å². The minimum Gasteiger partial charge on any atom is -0.340 e. The van der Waals surface area contributed by atoms with E-state index in [2.05, 4.69) is 41.2 Å². The lowest BCUT2D eigenvalue weighted by molar-refractivity contribution is 0.0722. The highest BCUT2D eigenvalue weighted by Crippen LogP contribution is 2.19. The summed E-state index contributed by atoms with van der Waals surface area (Å²) >= 11 is 0. The lowest BCUT2D eigenvalue weighted by atomic mass is 9.96. The van der Waals surface area contributed by atoms with Crippen LogP contribution in [0.25, 0.3) is 0 Å². The monoisotopic (exact) mass is 382 g/mol. The van der Waals surface area contributed by atoms with E-state index in [0.29, 0.717) is 18.2 Å². The molecule has 1 aromatic heterocycles. The molecule has 1 aliphatic heterocycles. The minimum atomic E-state index is -0.212. The largest absolute Gasteiger partial charge is 0.340 e. The fourth-order valence-corrected chi connectivity index (χ4v) is 3.95. The van der Waals surface area contributed by atoms with Gasteiger partial charge >= 0.3 is 0 Å². The van der Waals surface area contributed by atoms with Gasteiger partial charge in [-0.05, 0) is 55.8 Å². The van der Waals surface area contributed by atoms with E-state index in [0.717, 1.165) is 32.5 Å². The summed E-state index contributed by atoms with van der Waals surface area (Å²) in [5.74, 6) is 0.333. The molecule has 3 rings (SSSR count). The second-order valence-electron chi connectivity index (χ2n) is 7.85. The van der Waals surface area contributed by atoms with Gasteiger partial charge < -0.3 is 9.80 Å². The molecule has 0 aliphatic carbocycles. The van der Waals surface area contributed by atoms with Crippen molar-refractivity contribution in [1.29, 1.82) is 0 Å². The van der Waals surface area contributed by atoms with Crippen LogP contribution in [-0.2, 0) is 13.5 Å². The molecule has 1 fully saturated rings. The molecule has 0 radical (unpaired) electrons. The predicted molar refractivity (Wildman–Crippen MR) is 110 cm³/mol. The number of piperidine rings is 1. The zero-order valence-corrected chi connectivity index (χ0v) is 17.1. The molecule has 6 nitrogen and oxygen atoms in total. The Morgan fingerprint density at radius 1 is 1.25 bits per heavy atom. The Hall–Kier alpha value is -2.47. The topological polar surface area (TPSA) is 58.4 Å². The third kappa shape index (κ3) is 5.07. The number of carbonyl (C=O) groups is 1. The van der Waals surface area contributed by atoms with E-state index in [4.69, 9.17) is 0 Å². The maximum Gasteiger partial charge on any atom is 0.274 e. The number of aryl methyl sites for hydroxylation is 2. The van der Waals surface area contributed by atoms with Crippen molar-refractivity contribution in [3.8, 4) is 0 Å². The van der Waals surface area contributed by atoms with Crippen LogP contribution in [0.15, 0.2) is 41.2 Å². The van der Waals surface area contributed by atoms with Crippen LogP contribution in [0.3, 0.4) is 0 Å². The summed E-state index contributed by atoms with van der Waals surface area (Å²) in [4.78, 5) is 28.4. The summed E-state index contributed by atoms with van der Waals surface area (Å²) in [7, 11) is 3.38. The summed E-state index contributed by atoms with van der Waals surface area (Å²) in [6.45, 7) is 6.08. The highest BCUT2D eigenvalue weighted by Gasteiger charge is 2.23. The minimum absolute atomic E-state index is 0.132. The van der Waals surface area contributed by atoms with Crippen molar-refractivity contribution in [3.05, 3.63) is 63.6 Å². The van der Waals surface area contributed by atoms with Crippen LogP contribution in [0.1, 0.15) is 34.5 Å². The Labute approximate surface area is 166 Å². The number of nitrogens with zero attached hydrogens (tertiary/aromatic N) is 4. The van der Waals surface area contributed by atoms with Crippen molar-refractivity contribution in [2.24, 2.45) is 13.0 Å². The van der Waals surface area contributed by atoms with Gasteiger partial charge in [0.15, 0.2) is 0 Å². The van der Waals surface area contributed by atoms with Crippen LogP contribution in [-0.4, -0.2) is 58.7 Å². The van der Waals surface area contributed by atoms with Crippen LogP contribution in [0.2, 0.25) is 0 Å². The Balaban J connectivity index is 1.53. The van der Waals surface area contributed by atoms with E-state index in [1.807, 2.05) is 7.05 Å². The highest BCUT2D eigenvalue weighted by atomic mass is 16.2. The predicted octanol–water partition coefficient (Wildman–Crippen LogP) is 2.12. The van der Waals surface area contributed by atoms with Gasteiger partial charge in [-0.3, -0.25) is 9.59 Å². The van der Waals surface area contributed by atoms with E-state index >= 15 is 0 Å². The number of hydrogen-bond acceptors (Lipinski definition) is 4.